The summed E-state index contributed by atoms with van der Waals surface area (Å²) in [7, 11) is 0. The van der Waals surface area contributed by atoms with Crippen molar-refractivity contribution >= 4 is 5.78 Å². The van der Waals surface area contributed by atoms with Crippen molar-refractivity contribution in [3.8, 4) is 23.0 Å². The Labute approximate surface area is 198 Å². The van der Waals surface area contributed by atoms with Crippen LogP contribution in [0.3, 0.4) is 0 Å². The number of rotatable bonds is 4. The maximum Gasteiger partial charge on any atom is 0.199 e. The Morgan fingerprint density at radius 3 is 2.20 bits per heavy atom. The average molecular weight is 492 g/mol. The number of ether oxygens (including phenoxy) is 4. The summed E-state index contributed by atoms with van der Waals surface area (Å²) in [5.74, 6) is -2.57. The average Bonchev–Trinajstić information content (AvgIpc) is 3.23. The molecule has 3 aliphatic rings. The first-order valence-corrected chi connectivity index (χ1v) is 10.8. The summed E-state index contributed by atoms with van der Waals surface area (Å²) < 4.78 is 23.4. The molecule has 0 aliphatic carbocycles. The van der Waals surface area contributed by atoms with Gasteiger partial charge in [0.2, 0.25) is 0 Å². The number of aromatic hydroxyl groups is 4. The predicted octanol–water partition coefficient (Wildman–Crippen LogP) is -0.443. The Morgan fingerprint density at radius 2 is 1.54 bits per heavy atom. The molecular formula is C23H24O12. The quantitative estimate of drug-likeness (QED) is 0.215. The maximum absolute atomic E-state index is 13.8. The Balaban J connectivity index is 1.53. The van der Waals surface area contributed by atoms with E-state index in [2.05, 4.69) is 0 Å². The third kappa shape index (κ3) is 3.79. The fourth-order valence-electron chi connectivity index (χ4n) is 4.70. The largest absolute Gasteiger partial charge is 0.504 e. The molecule has 3 saturated heterocycles. The number of aliphatic hydroxyl groups excluding tert-OH is 3. The second-order valence-electron chi connectivity index (χ2n) is 8.74. The first-order chi connectivity index (χ1) is 16.6. The number of carbonyl (C=O) groups excluding carboxylic acids is 1. The van der Waals surface area contributed by atoms with Crippen LogP contribution < -0.4 is 0 Å². The van der Waals surface area contributed by atoms with Crippen molar-refractivity contribution in [1.29, 1.82) is 0 Å². The van der Waals surface area contributed by atoms with Crippen molar-refractivity contribution in [2.45, 2.75) is 55.1 Å². The van der Waals surface area contributed by atoms with Crippen LogP contribution in [0.25, 0.3) is 0 Å². The number of Topliss-reactive ketones (excluding diaryl/α,β-unsaturated/α-hetero) is 1. The van der Waals surface area contributed by atoms with Crippen molar-refractivity contribution in [1.82, 2.24) is 0 Å². The molecule has 35 heavy (non-hydrogen) atoms. The normalized spacial score (nSPS) is 36.4. The van der Waals surface area contributed by atoms with Crippen LogP contribution in [0.4, 0.5) is 0 Å². The summed E-state index contributed by atoms with van der Waals surface area (Å²) in [6.45, 7) is -0.574. The van der Waals surface area contributed by atoms with Gasteiger partial charge >= 0.3 is 0 Å². The SMILES string of the molecule is O=C(c1ccc(O)c(O)c1)C1(c2ccc(O)c(O)c2)CC2OC3OC(CO)C(O)C(O)C3OC2O1. The Morgan fingerprint density at radius 1 is 0.857 bits per heavy atom. The molecule has 0 spiro atoms. The van der Waals surface area contributed by atoms with Gasteiger partial charge in [0.05, 0.1) is 6.61 Å². The fraction of sp³-hybridized carbons (Fsp3) is 0.435. The summed E-state index contributed by atoms with van der Waals surface area (Å²) in [5.41, 5.74) is -1.72. The number of aliphatic hydroxyl groups is 3. The number of phenols is 4. The minimum atomic E-state index is -1.84. The van der Waals surface area contributed by atoms with Crippen LogP contribution in [0.5, 0.6) is 23.0 Å². The highest BCUT2D eigenvalue weighted by Gasteiger charge is 2.60. The van der Waals surface area contributed by atoms with Gasteiger partial charge in [0, 0.05) is 12.0 Å². The number of phenolic OH excluding ortho intramolecular Hbond substituents is 4. The van der Waals surface area contributed by atoms with E-state index in [1.807, 2.05) is 0 Å². The molecule has 0 saturated carbocycles. The Bertz CT molecular complexity index is 1140. The monoisotopic (exact) mass is 492 g/mol. The molecular weight excluding hydrogens is 468 g/mol. The predicted molar refractivity (Wildman–Crippen MR) is 113 cm³/mol. The molecule has 12 heteroatoms. The van der Waals surface area contributed by atoms with Crippen molar-refractivity contribution in [3.05, 3.63) is 47.5 Å². The highest BCUT2D eigenvalue weighted by Crippen LogP contribution is 2.49. The van der Waals surface area contributed by atoms with Gasteiger partial charge in [-0.2, -0.15) is 0 Å². The molecule has 3 fully saturated rings. The van der Waals surface area contributed by atoms with Gasteiger partial charge in [0.25, 0.3) is 0 Å². The van der Waals surface area contributed by atoms with E-state index in [0.29, 0.717) is 0 Å². The molecule has 7 N–H and O–H groups in total. The molecule has 0 bridgehead atoms. The van der Waals surface area contributed by atoms with Gasteiger partial charge in [0.15, 0.2) is 47.0 Å². The minimum absolute atomic E-state index is 0.0315. The highest BCUT2D eigenvalue weighted by molar-refractivity contribution is 6.04. The van der Waals surface area contributed by atoms with E-state index in [1.165, 1.54) is 18.2 Å². The zero-order chi connectivity index (χ0) is 25.1. The lowest BCUT2D eigenvalue weighted by Gasteiger charge is -2.46. The minimum Gasteiger partial charge on any atom is -0.504 e. The molecule has 0 amide bonds. The number of benzene rings is 2. The van der Waals surface area contributed by atoms with Crippen molar-refractivity contribution in [3.63, 3.8) is 0 Å². The van der Waals surface area contributed by atoms with E-state index >= 15 is 0 Å². The number of hydrogen-bond donors (Lipinski definition) is 7. The molecule has 2 aromatic carbocycles. The first-order valence-electron chi connectivity index (χ1n) is 10.8. The second-order valence-corrected chi connectivity index (χ2v) is 8.74. The summed E-state index contributed by atoms with van der Waals surface area (Å²) in [6, 6.07) is 7.16. The third-order valence-electron chi connectivity index (χ3n) is 6.58. The van der Waals surface area contributed by atoms with Gasteiger partial charge in [0.1, 0.15) is 30.5 Å². The smallest absolute Gasteiger partial charge is 0.199 e. The zero-order valence-electron chi connectivity index (χ0n) is 18.1. The van der Waals surface area contributed by atoms with Gasteiger partial charge in [-0.3, -0.25) is 4.79 Å². The van der Waals surface area contributed by atoms with E-state index in [0.717, 1.165) is 18.2 Å². The Kier molecular flexibility index (Phi) is 5.84. The molecule has 188 valence electrons. The zero-order valence-corrected chi connectivity index (χ0v) is 18.1. The molecule has 5 rings (SSSR count). The number of ketones is 1. The van der Waals surface area contributed by atoms with Crippen LogP contribution in [0.15, 0.2) is 36.4 Å². The van der Waals surface area contributed by atoms with Crippen LogP contribution in [-0.2, 0) is 24.5 Å². The first kappa shape index (κ1) is 23.8. The van der Waals surface area contributed by atoms with Crippen LogP contribution in [0.2, 0.25) is 0 Å². The van der Waals surface area contributed by atoms with Crippen molar-refractivity contribution < 1.29 is 59.5 Å². The highest BCUT2D eigenvalue weighted by atomic mass is 16.8. The van der Waals surface area contributed by atoms with E-state index in [4.69, 9.17) is 18.9 Å². The lowest BCUT2D eigenvalue weighted by molar-refractivity contribution is -0.387. The van der Waals surface area contributed by atoms with Gasteiger partial charge in [-0.25, -0.2) is 0 Å². The van der Waals surface area contributed by atoms with Crippen LogP contribution in [0.1, 0.15) is 22.3 Å². The van der Waals surface area contributed by atoms with E-state index < -0.39 is 84.1 Å². The van der Waals surface area contributed by atoms with E-state index in [9.17, 15) is 40.5 Å². The molecule has 0 aromatic heterocycles. The molecule has 2 aromatic rings. The van der Waals surface area contributed by atoms with Gasteiger partial charge in [-0.05, 0) is 35.9 Å². The summed E-state index contributed by atoms with van der Waals surface area (Å²) in [4.78, 5) is 13.8. The van der Waals surface area contributed by atoms with Gasteiger partial charge in [-0.15, -0.1) is 0 Å². The number of hydrogen-bond acceptors (Lipinski definition) is 12. The topological polar surface area (TPSA) is 196 Å². The standard InChI is InChI=1S/C23H24O12/c24-8-16-17(29)18(30)19-22(33-16)32-15-7-23(35-21(15)34-19,10-2-4-12(26)14(28)6-10)20(31)9-1-3-11(25)13(27)5-9/h1-6,15-19,21-22,24-30H,7-8H2. The Hall–Kier alpha value is -2.97. The summed E-state index contributed by atoms with van der Waals surface area (Å²) >= 11 is 0. The lowest BCUT2D eigenvalue weighted by atomic mass is 9.82. The van der Waals surface area contributed by atoms with E-state index in [-0.39, 0.29) is 17.5 Å². The van der Waals surface area contributed by atoms with Crippen LogP contribution in [-0.4, -0.2) is 91.2 Å². The van der Waals surface area contributed by atoms with Crippen molar-refractivity contribution in [2.24, 2.45) is 0 Å². The van der Waals surface area contributed by atoms with Crippen LogP contribution in [0, 0.1) is 0 Å². The molecule has 8 atom stereocenters. The van der Waals surface area contributed by atoms with E-state index in [1.54, 1.807) is 0 Å². The molecule has 3 heterocycles. The number of fused-ring (bicyclic) bond motifs is 2. The maximum atomic E-state index is 13.8. The summed E-state index contributed by atoms with van der Waals surface area (Å²) in [6.07, 6.45) is -8.69. The molecule has 3 aliphatic heterocycles. The molecule has 0 radical (unpaired) electrons. The molecule has 8 unspecified atom stereocenters. The summed E-state index contributed by atoms with van der Waals surface area (Å²) in [5, 5.41) is 69.5. The fourth-order valence-corrected chi connectivity index (χ4v) is 4.70. The lowest BCUT2D eigenvalue weighted by Crippen LogP contribution is -2.64. The van der Waals surface area contributed by atoms with Crippen LogP contribution >= 0.6 is 0 Å². The van der Waals surface area contributed by atoms with Gasteiger partial charge in [-0.1, -0.05) is 6.07 Å². The molecule has 12 nitrogen and oxygen atoms in total. The second kappa shape index (κ2) is 8.60. The van der Waals surface area contributed by atoms with Gasteiger partial charge < -0.3 is 54.7 Å². The van der Waals surface area contributed by atoms with Crippen molar-refractivity contribution in [2.75, 3.05) is 6.61 Å². The third-order valence-corrected chi connectivity index (χ3v) is 6.58. The number of carbonyl (C=O) groups is 1.